The van der Waals surface area contributed by atoms with E-state index < -0.39 is 0 Å². The summed E-state index contributed by atoms with van der Waals surface area (Å²) in [5.41, 5.74) is 3.92. The fourth-order valence-corrected chi connectivity index (χ4v) is 2.20. The molecule has 0 aliphatic carbocycles. The van der Waals surface area contributed by atoms with Crippen LogP contribution < -0.4 is 5.43 Å². The zero-order chi connectivity index (χ0) is 12.4. The maximum Gasteiger partial charge on any atom is 0.236 e. The summed E-state index contributed by atoms with van der Waals surface area (Å²) in [6.07, 6.45) is 1.75. The molecule has 18 heavy (non-hydrogen) atoms. The highest BCUT2D eigenvalue weighted by Crippen LogP contribution is 2.17. The van der Waals surface area contributed by atoms with Gasteiger partial charge in [0.05, 0.1) is 6.21 Å². The third-order valence-corrected chi connectivity index (χ3v) is 3.12. The molecule has 90 valence electrons. The van der Waals surface area contributed by atoms with Crippen molar-refractivity contribution >= 4 is 27.6 Å². The summed E-state index contributed by atoms with van der Waals surface area (Å²) < 4.78 is 1.69. The Hall–Kier alpha value is -2.28. The number of aromatic nitrogens is 4. The predicted octanol–water partition coefficient (Wildman–Crippen LogP) is 1.94. The van der Waals surface area contributed by atoms with Gasteiger partial charge in [-0.1, -0.05) is 41.7 Å². The molecule has 0 saturated carbocycles. The average molecular weight is 258 g/mol. The summed E-state index contributed by atoms with van der Waals surface area (Å²) in [6.45, 7) is 1.86. The monoisotopic (exact) mass is 258 g/mol. The van der Waals surface area contributed by atoms with Gasteiger partial charge in [0.1, 0.15) is 0 Å². The average Bonchev–Trinajstić information content (AvgIpc) is 2.94. The minimum atomic E-state index is 0.690. The molecule has 0 fully saturated rings. The molecule has 0 radical (unpaired) electrons. The van der Waals surface area contributed by atoms with Gasteiger partial charge < -0.3 is 0 Å². The van der Waals surface area contributed by atoms with E-state index in [0.717, 1.165) is 16.3 Å². The van der Waals surface area contributed by atoms with Crippen LogP contribution in [0.4, 0.5) is 5.13 Å². The third-order valence-electron chi connectivity index (χ3n) is 2.32. The quantitative estimate of drug-likeness (QED) is 0.576. The van der Waals surface area contributed by atoms with Gasteiger partial charge in [-0.2, -0.15) is 9.62 Å². The highest BCUT2D eigenvalue weighted by Gasteiger charge is 2.07. The molecule has 0 unspecified atom stereocenters. The van der Waals surface area contributed by atoms with E-state index in [4.69, 9.17) is 0 Å². The summed E-state index contributed by atoms with van der Waals surface area (Å²) in [7, 11) is 0. The van der Waals surface area contributed by atoms with Gasteiger partial charge >= 0.3 is 0 Å². The molecule has 3 aromatic rings. The Balaban J connectivity index is 1.75. The van der Waals surface area contributed by atoms with Gasteiger partial charge in [-0.05, 0) is 12.5 Å². The molecule has 6 nitrogen and oxygen atoms in total. The van der Waals surface area contributed by atoms with Crippen LogP contribution in [0.3, 0.4) is 0 Å². The Morgan fingerprint density at radius 2 is 2.11 bits per heavy atom. The lowest BCUT2D eigenvalue weighted by Gasteiger charge is -1.92. The van der Waals surface area contributed by atoms with Crippen molar-refractivity contribution in [2.75, 3.05) is 5.43 Å². The van der Waals surface area contributed by atoms with Crippen molar-refractivity contribution in [1.29, 1.82) is 0 Å². The first kappa shape index (κ1) is 10.8. The number of benzene rings is 1. The first-order chi connectivity index (χ1) is 8.83. The van der Waals surface area contributed by atoms with Crippen LogP contribution in [0.5, 0.6) is 0 Å². The molecule has 0 atom stereocenters. The molecule has 3 rings (SSSR count). The van der Waals surface area contributed by atoms with E-state index in [1.807, 2.05) is 37.3 Å². The van der Waals surface area contributed by atoms with Crippen molar-refractivity contribution in [3.8, 4) is 0 Å². The SMILES string of the molecule is Cc1nnc2sc(N/N=C/c3ccccc3)nn12. The Morgan fingerprint density at radius 3 is 2.89 bits per heavy atom. The molecule has 0 aliphatic heterocycles. The number of rotatable bonds is 3. The normalized spacial score (nSPS) is 11.4. The number of hydrazone groups is 1. The number of anilines is 1. The number of hydrogen-bond acceptors (Lipinski definition) is 6. The number of nitrogens with one attached hydrogen (secondary N) is 1. The van der Waals surface area contributed by atoms with Crippen molar-refractivity contribution in [2.24, 2.45) is 5.10 Å². The highest BCUT2D eigenvalue weighted by molar-refractivity contribution is 7.20. The number of aryl methyl sites for hydroxylation is 1. The highest BCUT2D eigenvalue weighted by atomic mass is 32.1. The van der Waals surface area contributed by atoms with Crippen molar-refractivity contribution in [3.63, 3.8) is 0 Å². The van der Waals surface area contributed by atoms with Crippen LogP contribution in [0.1, 0.15) is 11.4 Å². The van der Waals surface area contributed by atoms with E-state index in [1.165, 1.54) is 11.3 Å². The van der Waals surface area contributed by atoms with Gasteiger partial charge in [-0.15, -0.1) is 15.3 Å². The molecule has 7 heteroatoms. The van der Waals surface area contributed by atoms with E-state index in [1.54, 1.807) is 10.7 Å². The van der Waals surface area contributed by atoms with Crippen LogP contribution in [-0.2, 0) is 0 Å². The summed E-state index contributed by atoms with van der Waals surface area (Å²) in [6, 6.07) is 9.86. The molecule has 1 aromatic carbocycles. The Kier molecular flexibility index (Phi) is 2.73. The number of fused-ring (bicyclic) bond motifs is 1. The Morgan fingerprint density at radius 1 is 1.28 bits per heavy atom. The van der Waals surface area contributed by atoms with Crippen molar-refractivity contribution < 1.29 is 0 Å². The number of nitrogens with zero attached hydrogens (tertiary/aromatic N) is 5. The second-order valence-electron chi connectivity index (χ2n) is 3.63. The smallest absolute Gasteiger partial charge is 0.236 e. The molecule has 0 amide bonds. The maximum absolute atomic E-state index is 4.29. The first-order valence-electron chi connectivity index (χ1n) is 5.36. The van der Waals surface area contributed by atoms with Crippen LogP contribution >= 0.6 is 11.3 Å². The predicted molar refractivity (Wildman–Crippen MR) is 71.1 cm³/mol. The summed E-state index contributed by atoms with van der Waals surface area (Å²) in [5.74, 6) is 0.765. The zero-order valence-corrected chi connectivity index (χ0v) is 10.4. The fraction of sp³-hybridized carbons (Fsp3) is 0.0909. The van der Waals surface area contributed by atoms with Crippen LogP contribution in [0.2, 0.25) is 0 Å². The number of hydrogen-bond donors (Lipinski definition) is 1. The van der Waals surface area contributed by atoms with Gasteiger partial charge in [0.2, 0.25) is 10.1 Å². The summed E-state index contributed by atoms with van der Waals surface area (Å²) in [5, 5.41) is 17.0. The topological polar surface area (TPSA) is 67.5 Å². The van der Waals surface area contributed by atoms with Crippen molar-refractivity contribution in [3.05, 3.63) is 41.7 Å². The van der Waals surface area contributed by atoms with Crippen molar-refractivity contribution in [1.82, 2.24) is 19.8 Å². The molecule has 0 bridgehead atoms. The lowest BCUT2D eigenvalue weighted by atomic mass is 10.2. The molecule has 1 N–H and O–H groups in total. The van der Waals surface area contributed by atoms with E-state index in [9.17, 15) is 0 Å². The molecule has 2 heterocycles. The van der Waals surface area contributed by atoms with E-state index in [0.29, 0.717) is 5.13 Å². The minimum absolute atomic E-state index is 0.690. The Bertz CT molecular complexity index is 684. The molecular formula is C11H10N6S. The van der Waals surface area contributed by atoms with Crippen LogP contribution in [0.15, 0.2) is 35.4 Å². The van der Waals surface area contributed by atoms with E-state index >= 15 is 0 Å². The zero-order valence-electron chi connectivity index (χ0n) is 9.61. The van der Waals surface area contributed by atoms with Crippen molar-refractivity contribution in [2.45, 2.75) is 6.92 Å². The van der Waals surface area contributed by atoms with Gasteiger partial charge in [-0.25, -0.2) is 0 Å². The lowest BCUT2D eigenvalue weighted by molar-refractivity contribution is 0.894. The molecular weight excluding hydrogens is 248 g/mol. The second-order valence-corrected chi connectivity index (χ2v) is 4.59. The van der Waals surface area contributed by atoms with Gasteiger partial charge in [0.25, 0.3) is 0 Å². The third kappa shape index (κ3) is 2.07. The fourth-order valence-electron chi connectivity index (χ4n) is 1.46. The standard InChI is InChI=1S/C11H10N6S/c1-8-13-15-11-17(8)16-10(18-11)14-12-7-9-5-3-2-4-6-9/h2-7H,1H3,(H,14,16)/b12-7+. The molecule has 0 saturated heterocycles. The summed E-state index contributed by atoms with van der Waals surface area (Å²) >= 11 is 1.41. The van der Waals surface area contributed by atoms with E-state index in [-0.39, 0.29) is 0 Å². The maximum atomic E-state index is 4.29. The van der Waals surface area contributed by atoms with E-state index in [2.05, 4.69) is 25.8 Å². The molecule has 0 aliphatic rings. The summed E-state index contributed by atoms with van der Waals surface area (Å²) in [4.78, 5) is 0.755. The van der Waals surface area contributed by atoms with Gasteiger partial charge in [0, 0.05) is 0 Å². The van der Waals surface area contributed by atoms with Crippen LogP contribution in [-0.4, -0.2) is 26.0 Å². The largest absolute Gasteiger partial charge is 0.251 e. The van der Waals surface area contributed by atoms with Crippen LogP contribution in [0, 0.1) is 6.92 Å². The Labute approximate surface area is 107 Å². The van der Waals surface area contributed by atoms with Crippen LogP contribution in [0.25, 0.3) is 4.96 Å². The molecule has 0 spiro atoms. The second kappa shape index (κ2) is 4.53. The molecule has 2 aromatic heterocycles. The first-order valence-corrected chi connectivity index (χ1v) is 6.17. The van der Waals surface area contributed by atoms with Gasteiger partial charge in [0.15, 0.2) is 5.82 Å². The minimum Gasteiger partial charge on any atom is -0.251 e. The lowest BCUT2D eigenvalue weighted by Crippen LogP contribution is -1.93. The van der Waals surface area contributed by atoms with Gasteiger partial charge in [-0.3, -0.25) is 5.43 Å².